The Bertz CT molecular complexity index is 879. The fourth-order valence-electron chi connectivity index (χ4n) is 9.25. The molecule has 0 amide bonds. The van der Waals surface area contributed by atoms with Gasteiger partial charge in [-0.2, -0.15) is 0 Å². The highest BCUT2D eigenvalue weighted by molar-refractivity contribution is 5.87. The van der Waals surface area contributed by atoms with Crippen molar-refractivity contribution in [1.82, 2.24) is 0 Å². The number of Topliss-reactive ketones (excluding diaryl/α,β-unsaturated/α-hetero) is 1. The summed E-state index contributed by atoms with van der Waals surface area (Å²) in [6.07, 6.45) is 11.1. The van der Waals surface area contributed by atoms with Crippen molar-refractivity contribution in [2.75, 3.05) is 0 Å². The lowest BCUT2D eigenvalue weighted by Crippen LogP contribution is -2.65. The summed E-state index contributed by atoms with van der Waals surface area (Å²) in [6, 6.07) is 0. The van der Waals surface area contributed by atoms with E-state index in [0.29, 0.717) is 24.0 Å². The Balaban J connectivity index is 1.72. The Labute approximate surface area is 195 Å². The van der Waals surface area contributed by atoms with Crippen molar-refractivity contribution in [1.29, 1.82) is 0 Å². The largest absolute Gasteiger partial charge is 0.392 e. The fourth-order valence-corrected chi connectivity index (χ4v) is 9.25. The van der Waals surface area contributed by atoms with E-state index in [-0.39, 0.29) is 39.5 Å². The molecule has 4 rings (SSSR count). The highest BCUT2D eigenvalue weighted by Gasteiger charge is 2.69. The average Bonchev–Trinajstić information content (AvgIpc) is 3.03. The first-order chi connectivity index (χ1) is 14.8. The zero-order valence-electron chi connectivity index (χ0n) is 21.4. The van der Waals surface area contributed by atoms with Crippen LogP contribution in [0.4, 0.5) is 0 Å². The van der Waals surface area contributed by atoms with Crippen LogP contribution < -0.4 is 0 Å². The molecule has 0 aromatic heterocycles. The van der Waals surface area contributed by atoms with Crippen LogP contribution in [0.2, 0.25) is 0 Å². The summed E-state index contributed by atoms with van der Waals surface area (Å²) in [7, 11) is 0. The molecule has 4 aliphatic rings. The van der Waals surface area contributed by atoms with Crippen molar-refractivity contribution in [3.05, 3.63) is 23.3 Å². The van der Waals surface area contributed by atoms with Gasteiger partial charge in [0, 0.05) is 11.8 Å². The van der Waals surface area contributed by atoms with E-state index in [0.717, 1.165) is 38.5 Å². The Morgan fingerprint density at radius 3 is 2.47 bits per heavy atom. The lowest BCUT2D eigenvalue weighted by molar-refractivity contribution is -0.208. The van der Waals surface area contributed by atoms with Crippen molar-refractivity contribution >= 4 is 11.6 Å². The number of ketones is 2. The summed E-state index contributed by atoms with van der Waals surface area (Å²) in [4.78, 5) is 24.2. The predicted molar refractivity (Wildman–Crippen MR) is 129 cm³/mol. The molecule has 1 N–H and O–H groups in total. The van der Waals surface area contributed by atoms with E-state index >= 15 is 0 Å². The van der Waals surface area contributed by atoms with Gasteiger partial charge in [0.1, 0.15) is 5.78 Å². The third kappa shape index (κ3) is 3.16. The van der Waals surface area contributed by atoms with Gasteiger partial charge in [-0.05, 0) is 91.9 Å². The maximum Gasteiger partial charge on any atom is 0.152 e. The van der Waals surface area contributed by atoms with Crippen molar-refractivity contribution in [3.63, 3.8) is 0 Å². The topological polar surface area (TPSA) is 54.4 Å². The molecule has 0 aliphatic heterocycles. The Hall–Kier alpha value is -1.22. The second kappa shape index (κ2) is 7.65. The molecule has 32 heavy (non-hydrogen) atoms. The van der Waals surface area contributed by atoms with Crippen molar-refractivity contribution < 1.29 is 14.7 Å². The molecule has 0 radical (unpaired) electrons. The lowest BCUT2D eigenvalue weighted by atomic mass is 9.36. The summed E-state index contributed by atoms with van der Waals surface area (Å²) in [5, 5.41) is 11.7. The molecule has 178 valence electrons. The zero-order chi connectivity index (χ0) is 23.7. The van der Waals surface area contributed by atoms with Crippen LogP contribution in [-0.2, 0) is 9.59 Å². The number of aliphatic hydroxyl groups excluding tert-OH is 1. The zero-order valence-corrected chi connectivity index (χ0v) is 21.4. The molecule has 0 saturated heterocycles. The minimum absolute atomic E-state index is 0.0109. The molecule has 0 aromatic carbocycles. The first-order valence-electron chi connectivity index (χ1n) is 12.9. The number of hydrogen-bond acceptors (Lipinski definition) is 3. The SMILES string of the molecule is CC(=O)/C=C/C[C@@H](C)C1=C2C[C@H](O)[C@H]3[C@@]4(C)CCC(=O)C(C)(C)[C@@H]4CC[C@]3(C)[C@@]2(C)CC1. The molecule has 0 spiro atoms. The predicted octanol–water partition coefficient (Wildman–Crippen LogP) is 6.45. The molecular weight excluding hydrogens is 396 g/mol. The third-order valence-corrected chi connectivity index (χ3v) is 11.1. The highest BCUT2D eigenvalue weighted by atomic mass is 16.3. The number of fused-ring (bicyclic) bond motifs is 5. The van der Waals surface area contributed by atoms with Gasteiger partial charge in [0.15, 0.2) is 5.78 Å². The van der Waals surface area contributed by atoms with Crippen molar-refractivity contribution in [2.45, 2.75) is 106 Å². The summed E-state index contributed by atoms with van der Waals surface area (Å²) in [6.45, 7) is 15.6. The van der Waals surface area contributed by atoms with Crippen LogP contribution in [0.1, 0.15) is 99.8 Å². The van der Waals surface area contributed by atoms with Crippen LogP contribution in [0.3, 0.4) is 0 Å². The van der Waals surface area contributed by atoms with Crippen molar-refractivity contribution in [2.24, 2.45) is 39.4 Å². The van der Waals surface area contributed by atoms with Crippen LogP contribution in [0, 0.1) is 39.4 Å². The van der Waals surface area contributed by atoms with Gasteiger partial charge in [-0.1, -0.05) is 58.8 Å². The Morgan fingerprint density at radius 2 is 1.81 bits per heavy atom. The van der Waals surface area contributed by atoms with Crippen LogP contribution in [0.25, 0.3) is 0 Å². The van der Waals surface area contributed by atoms with Gasteiger partial charge in [0.2, 0.25) is 0 Å². The van der Waals surface area contributed by atoms with Crippen LogP contribution in [0.15, 0.2) is 23.3 Å². The van der Waals surface area contributed by atoms with E-state index in [9.17, 15) is 14.7 Å². The van der Waals surface area contributed by atoms with Crippen LogP contribution >= 0.6 is 0 Å². The molecule has 3 heteroatoms. The van der Waals surface area contributed by atoms with Gasteiger partial charge in [0.25, 0.3) is 0 Å². The molecule has 0 aromatic rings. The number of hydrogen-bond donors (Lipinski definition) is 1. The summed E-state index contributed by atoms with van der Waals surface area (Å²) in [5.41, 5.74) is 2.94. The number of carbonyl (C=O) groups excluding carboxylic acids is 2. The minimum Gasteiger partial charge on any atom is -0.392 e. The molecule has 0 heterocycles. The molecule has 3 fully saturated rings. The highest BCUT2D eigenvalue weighted by Crippen LogP contribution is 2.74. The van der Waals surface area contributed by atoms with E-state index in [4.69, 9.17) is 0 Å². The summed E-state index contributed by atoms with van der Waals surface area (Å²) in [5.74, 6) is 1.52. The number of allylic oxidation sites excluding steroid dienone is 3. The maximum absolute atomic E-state index is 12.8. The van der Waals surface area contributed by atoms with Gasteiger partial charge >= 0.3 is 0 Å². The number of aliphatic hydroxyl groups is 1. The second-order valence-electron chi connectivity index (χ2n) is 12.9. The van der Waals surface area contributed by atoms with Gasteiger partial charge < -0.3 is 5.11 Å². The van der Waals surface area contributed by atoms with Gasteiger partial charge in [-0.25, -0.2) is 0 Å². The molecule has 3 saturated carbocycles. The first-order valence-corrected chi connectivity index (χ1v) is 12.9. The van der Waals surface area contributed by atoms with Crippen molar-refractivity contribution in [3.8, 4) is 0 Å². The van der Waals surface area contributed by atoms with Crippen LogP contribution in [-0.4, -0.2) is 22.8 Å². The maximum atomic E-state index is 12.8. The monoisotopic (exact) mass is 440 g/mol. The fraction of sp³-hybridized carbons (Fsp3) is 0.793. The van der Waals surface area contributed by atoms with Gasteiger partial charge in [-0.15, -0.1) is 0 Å². The lowest BCUT2D eigenvalue weighted by Gasteiger charge is -2.69. The molecule has 0 unspecified atom stereocenters. The molecular formula is C29H44O3. The normalized spacial score (nSPS) is 44.2. The van der Waals surface area contributed by atoms with Gasteiger partial charge in [-0.3, -0.25) is 9.59 Å². The Morgan fingerprint density at radius 1 is 1.12 bits per heavy atom. The summed E-state index contributed by atoms with van der Waals surface area (Å²) >= 11 is 0. The van der Waals surface area contributed by atoms with E-state index in [1.807, 2.05) is 6.08 Å². The van der Waals surface area contributed by atoms with Gasteiger partial charge in [0.05, 0.1) is 6.10 Å². The molecule has 4 aliphatic carbocycles. The molecule has 3 nitrogen and oxygen atoms in total. The van der Waals surface area contributed by atoms with E-state index in [1.54, 1.807) is 13.0 Å². The summed E-state index contributed by atoms with van der Waals surface area (Å²) < 4.78 is 0. The quantitative estimate of drug-likeness (QED) is 0.404. The smallest absolute Gasteiger partial charge is 0.152 e. The van der Waals surface area contributed by atoms with E-state index in [1.165, 1.54) is 17.6 Å². The number of rotatable bonds is 4. The minimum atomic E-state index is -0.340. The molecule has 0 bridgehead atoms. The second-order valence-corrected chi connectivity index (χ2v) is 12.9. The third-order valence-electron chi connectivity index (χ3n) is 11.1. The number of carbonyl (C=O) groups is 2. The average molecular weight is 441 g/mol. The van der Waals surface area contributed by atoms with Crippen LogP contribution in [0.5, 0.6) is 0 Å². The standard InChI is InChI=1S/C29H44O3/c1-18(9-8-10-19(2)30)20-11-15-28(6)21(20)17-22(31)25-27(5)14-13-24(32)26(3,4)23(27)12-16-29(25,28)7/h8,10,18,22-23,25,31H,9,11-17H2,1-7H3/b10-8+/t18-,22+,23+,25+,27+,28+,29+/m1/s1. The first kappa shape index (κ1) is 23.9. The molecule has 7 atom stereocenters. The van der Waals surface area contributed by atoms with E-state index in [2.05, 4.69) is 41.5 Å². The van der Waals surface area contributed by atoms with E-state index < -0.39 is 0 Å². The Kier molecular flexibility index (Phi) is 5.72.